The molecular weight excluding hydrogens is 400 g/mol. The Bertz CT molecular complexity index is 1150. The molecule has 1 unspecified atom stereocenters. The quantitative estimate of drug-likeness (QED) is 0.548. The fourth-order valence-electron chi connectivity index (χ4n) is 3.26. The second-order valence-electron chi connectivity index (χ2n) is 6.62. The zero-order valence-electron chi connectivity index (χ0n) is 14.9. The minimum absolute atomic E-state index is 0.0612. The van der Waals surface area contributed by atoms with Gasteiger partial charge in [0.2, 0.25) is 5.91 Å². The number of aromatic hydroxyl groups is 1. The summed E-state index contributed by atoms with van der Waals surface area (Å²) >= 11 is 0. The lowest BCUT2D eigenvalue weighted by atomic mass is 10.0. The third-order valence-corrected chi connectivity index (χ3v) is 6.01. The van der Waals surface area contributed by atoms with Gasteiger partial charge in [0.1, 0.15) is 18.3 Å². The predicted octanol–water partition coefficient (Wildman–Crippen LogP) is -0.134. The van der Waals surface area contributed by atoms with E-state index in [1.165, 1.54) is 18.2 Å². The van der Waals surface area contributed by atoms with Gasteiger partial charge in [0.15, 0.2) is 0 Å². The molecule has 0 spiro atoms. The third-order valence-electron chi connectivity index (χ3n) is 4.62. The van der Waals surface area contributed by atoms with E-state index in [0.717, 1.165) is 4.31 Å². The lowest BCUT2D eigenvalue weighted by Crippen LogP contribution is -2.42. The van der Waals surface area contributed by atoms with Crippen LogP contribution >= 0.6 is 0 Å². The molecule has 29 heavy (non-hydrogen) atoms. The Labute approximate surface area is 165 Å². The number of hydrogen-bond acceptors (Lipinski definition) is 6. The number of amides is 3. The average molecular weight is 416 g/mol. The molecule has 0 bridgehead atoms. The Morgan fingerprint density at radius 1 is 1.10 bits per heavy atom. The minimum Gasteiger partial charge on any atom is -0.506 e. The third kappa shape index (κ3) is 3.47. The molecule has 2 aromatic carbocycles. The van der Waals surface area contributed by atoms with Crippen LogP contribution in [0.15, 0.2) is 42.5 Å². The Morgan fingerprint density at radius 3 is 2.55 bits per heavy atom. The molecule has 4 rings (SSSR count). The number of carbonyl (C=O) groups is 3. The van der Waals surface area contributed by atoms with Gasteiger partial charge in [0.05, 0.1) is 16.9 Å². The van der Waals surface area contributed by atoms with Crippen molar-refractivity contribution in [1.29, 1.82) is 0 Å². The van der Waals surface area contributed by atoms with Crippen molar-refractivity contribution in [3.8, 4) is 5.75 Å². The maximum absolute atomic E-state index is 12.5. The van der Waals surface area contributed by atoms with Crippen molar-refractivity contribution < 1.29 is 27.9 Å². The van der Waals surface area contributed by atoms with Crippen LogP contribution in [0.2, 0.25) is 0 Å². The molecule has 1 saturated heterocycles. The highest BCUT2D eigenvalue weighted by Gasteiger charge is 2.35. The number of benzene rings is 2. The molecule has 2 aliphatic heterocycles. The Hall–Kier alpha value is -3.60. The summed E-state index contributed by atoms with van der Waals surface area (Å²) < 4.78 is 26.4. The topological polar surface area (TPSA) is 145 Å². The monoisotopic (exact) mass is 416 g/mol. The van der Waals surface area contributed by atoms with E-state index in [0.29, 0.717) is 16.8 Å². The van der Waals surface area contributed by atoms with Gasteiger partial charge in [-0.15, -0.1) is 0 Å². The molecule has 150 valence electrons. The molecule has 2 aliphatic rings. The highest BCUT2D eigenvalue weighted by Crippen LogP contribution is 2.32. The summed E-state index contributed by atoms with van der Waals surface area (Å²) in [6.45, 7) is -0.436. The lowest BCUT2D eigenvalue weighted by Gasteiger charge is -2.18. The number of phenols is 1. The van der Waals surface area contributed by atoms with Crippen LogP contribution in [0, 0.1) is 0 Å². The minimum atomic E-state index is -4.05. The largest absolute Gasteiger partial charge is 0.506 e. The van der Waals surface area contributed by atoms with Crippen LogP contribution in [0.1, 0.15) is 15.9 Å². The van der Waals surface area contributed by atoms with Gasteiger partial charge in [0, 0.05) is 6.42 Å². The molecule has 0 aliphatic carbocycles. The first-order chi connectivity index (χ1) is 13.7. The van der Waals surface area contributed by atoms with E-state index in [9.17, 15) is 27.9 Å². The van der Waals surface area contributed by atoms with Crippen molar-refractivity contribution in [3.05, 3.63) is 53.6 Å². The highest BCUT2D eigenvalue weighted by molar-refractivity contribution is 7.92. The number of nitrogens with zero attached hydrogens (tertiary/aromatic N) is 1. The Morgan fingerprint density at radius 2 is 1.86 bits per heavy atom. The fraction of sp³-hybridized carbons (Fsp3) is 0.167. The first kappa shape index (κ1) is 18.7. The van der Waals surface area contributed by atoms with Crippen LogP contribution in [0.5, 0.6) is 5.75 Å². The Kier molecular flexibility index (Phi) is 4.38. The van der Waals surface area contributed by atoms with E-state index in [2.05, 4.69) is 10.6 Å². The van der Waals surface area contributed by atoms with Crippen molar-refractivity contribution in [1.82, 2.24) is 10.0 Å². The van der Waals surface area contributed by atoms with Crippen molar-refractivity contribution >= 4 is 39.3 Å². The van der Waals surface area contributed by atoms with Gasteiger partial charge in [-0.1, -0.05) is 18.2 Å². The van der Waals surface area contributed by atoms with E-state index in [1.807, 2.05) is 4.72 Å². The number of phenolic OH excluding ortho intramolecular Hbond substituents is 1. The normalized spacial score (nSPS) is 20.3. The van der Waals surface area contributed by atoms with E-state index in [4.69, 9.17) is 0 Å². The van der Waals surface area contributed by atoms with Gasteiger partial charge in [-0.05, 0) is 29.8 Å². The zero-order valence-corrected chi connectivity index (χ0v) is 15.7. The number of carbonyl (C=O) groups excluding carboxylic acids is 3. The molecule has 0 aromatic heterocycles. The van der Waals surface area contributed by atoms with Gasteiger partial charge >= 0.3 is 10.2 Å². The summed E-state index contributed by atoms with van der Waals surface area (Å²) in [5.74, 6) is -1.89. The molecule has 10 nitrogen and oxygen atoms in total. The van der Waals surface area contributed by atoms with Gasteiger partial charge in [-0.2, -0.15) is 8.42 Å². The van der Waals surface area contributed by atoms with E-state index >= 15 is 0 Å². The summed E-state index contributed by atoms with van der Waals surface area (Å²) in [5.41, 5.74) is 1.19. The summed E-state index contributed by atoms with van der Waals surface area (Å²) in [6, 6.07) is 9.88. The maximum Gasteiger partial charge on any atom is 0.326 e. The number of rotatable bonds is 3. The second-order valence-corrected chi connectivity index (χ2v) is 8.22. The smallest absolute Gasteiger partial charge is 0.326 e. The average Bonchev–Trinajstić information content (AvgIpc) is 2.86. The summed E-state index contributed by atoms with van der Waals surface area (Å²) in [6.07, 6.45) is 0.0728. The van der Waals surface area contributed by atoms with Crippen molar-refractivity contribution in [2.24, 2.45) is 0 Å². The molecule has 11 heteroatoms. The SMILES string of the molecule is O=C1CN(c2ccc(CC3NC(=O)c4ccccc4NC3=O)cc2O)S(=O)(=O)N1. The molecule has 0 radical (unpaired) electrons. The molecular formula is C18H16N4O6S. The van der Waals surface area contributed by atoms with E-state index < -0.39 is 40.5 Å². The van der Waals surface area contributed by atoms with Crippen molar-refractivity contribution in [3.63, 3.8) is 0 Å². The van der Waals surface area contributed by atoms with Gasteiger partial charge < -0.3 is 15.7 Å². The maximum atomic E-state index is 12.5. The molecule has 2 heterocycles. The van der Waals surface area contributed by atoms with Crippen molar-refractivity contribution in [2.45, 2.75) is 12.5 Å². The molecule has 4 N–H and O–H groups in total. The van der Waals surface area contributed by atoms with Crippen LogP contribution in [0.25, 0.3) is 0 Å². The van der Waals surface area contributed by atoms with Crippen LogP contribution in [-0.4, -0.2) is 43.8 Å². The summed E-state index contributed by atoms with van der Waals surface area (Å²) in [5, 5.41) is 15.6. The van der Waals surface area contributed by atoms with Crippen LogP contribution < -0.4 is 19.7 Å². The molecule has 0 saturated carbocycles. The summed E-state index contributed by atoms with van der Waals surface area (Å²) in [4.78, 5) is 36.2. The lowest BCUT2D eigenvalue weighted by molar-refractivity contribution is -0.118. The molecule has 3 amide bonds. The van der Waals surface area contributed by atoms with E-state index in [1.54, 1.807) is 24.3 Å². The predicted molar refractivity (Wildman–Crippen MR) is 103 cm³/mol. The van der Waals surface area contributed by atoms with Crippen molar-refractivity contribution in [2.75, 3.05) is 16.2 Å². The first-order valence-corrected chi connectivity index (χ1v) is 10.0. The van der Waals surface area contributed by atoms with E-state index in [-0.39, 0.29) is 17.9 Å². The Balaban J connectivity index is 1.56. The molecule has 1 atom stereocenters. The van der Waals surface area contributed by atoms with Gasteiger partial charge in [-0.3, -0.25) is 14.4 Å². The highest BCUT2D eigenvalue weighted by atomic mass is 32.2. The molecule has 1 fully saturated rings. The standard InChI is InChI=1S/C18H16N4O6S/c23-15-8-10(5-6-14(15)22-9-16(24)21-29(22,27)28)7-13-18(26)19-12-4-2-1-3-11(12)17(25)20-13/h1-6,8,13,23H,7,9H2,(H,19,26)(H,20,25)(H,21,24). The zero-order chi connectivity index (χ0) is 20.8. The summed E-state index contributed by atoms with van der Waals surface area (Å²) in [7, 11) is -4.05. The number of fused-ring (bicyclic) bond motifs is 1. The molecule has 2 aromatic rings. The number of nitrogens with one attached hydrogen (secondary N) is 3. The number of para-hydroxylation sites is 1. The number of anilines is 2. The van der Waals surface area contributed by atoms with Gasteiger partial charge in [0.25, 0.3) is 11.8 Å². The first-order valence-electron chi connectivity index (χ1n) is 8.60. The fourth-order valence-corrected chi connectivity index (χ4v) is 4.42. The van der Waals surface area contributed by atoms with Gasteiger partial charge in [-0.25, -0.2) is 9.03 Å². The second kappa shape index (κ2) is 6.78. The van der Waals surface area contributed by atoms with Crippen LogP contribution in [0.3, 0.4) is 0 Å². The van der Waals surface area contributed by atoms with Crippen LogP contribution in [-0.2, 0) is 26.2 Å². The number of hydrogen-bond donors (Lipinski definition) is 4. The van der Waals surface area contributed by atoms with Crippen LogP contribution in [0.4, 0.5) is 11.4 Å².